The van der Waals surface area contributed by atoms with Crippen LogP contribution < -0.4 is 15.2 Å². The van der Waals surface area contributed by atoms with E-state index in [-0.39, 0.29) is 5.56 Å². The maximum Gasteiger partial charge on any atom is 0.262 e. The highest BCUT2D eigenvalue weighted by Gasteiger charge is 2.23. The van der Waals surface area contributed by atoms with Gasteiger partial charge in [0, 0.05) is 26.2 Å². The molecule has 0 saturated carbocycles. The molecule has 0 atom stereocenters. The average molecular weight is 365 g/mol. The summed E-state index contributed by atoms with van der Waals surface area (Å²) in [6, 6.07) is 11.3. The van der Waals surface area contributed by atoms with Crippen LogP contribution in [0.5, 0.6) is 5.88 Å². The molecule has 1 aliphatic rings. The molecule has 7 nitrogen and oxygen atoms in total. The Bertz CT molecular complexity index is 991. The molecule has 0 N–H and O–H groups in total. The van der Waals surface area contributed by atoms with Crippen molar-refractivity contribution < 1.29 is 4.74 Å². The Morgan fingerprint density at radius 2 is 1.89 bits per heavy atom. The van der Waals surface area contributed by atoms with E-state index in [0.29, 0.717) is 23.8 Å². The molecular weight excluding hydrogens is 342 g/mol. The number of fused-ring (bicyclic) bond motifs is 1. The molecule has 2 aromatic heterocycles. The first-order valence-electron chi connectivity index (χ1n) is 9.25. The number of hydrogen-bond donors (Lipinski definition) is 0. The van der Waals surface area contributed by atoms with E-state index in [0.717, 1.165) is 43.1 Å². The summed E-state index contributed by atoms with van der Waals surface area (Å²) in [7, 11) is 1.79. The molecule has 3 heterocycles. The monoisotopic (exact) mass is 365 g/mol. The maximum atomic E-state index is 12.6. The lowest BCUT2D eigenvalue weighted by Crippen LogP contribution is -2.39. The molecule has 0 radical (unpaired) electrons. The highest BCUT2D eigenvalue weighted by Crippen LogP contribution is 2.23. The van der Waals surface area contributed by atoms with Crippen molar-refractivity contribution >= 4 is 16.9 Å². The minimum Gasteiger partial charge on any atom is -0.476 e. The summed E-state index contributed by atoms with van der Waals surface area (Å²) in [5, 5.41) is 8.72. The lowest BCUT2D eigenvalue weighted by Gasteiger charge is -2.33. The number of aryl methyl sites for hydroxylation is 1. The number of para-hydroxylation sites is 1. The summed E-state index contributed by atoms with van der Waals surface area (Å²) in [6.07, 6.45) is 1.98. The van der Waals surface area contributed by atoms with Gasteiger partial charge in [0.25, 0.3) is 5.56 Å². The van der Waals surface area contributed by atoms with E-state index in [1.807, 2.05) is 43.3 Å². The molecule has 0 amide bonds. The van der Waals surface area contributed by atoms with Crippen molar-refractivity contribution in [3.63, 3.8) is 0 Å². The van der Waals surface area contributed by atoms with Gasteiger partial charge in [-0.05, 0) is 43.9 Å². The third kappa shape index (κ3) is 3.63. The topological polar surface area (TPSA) is 73.1 Å². The van der Waals surface area contributed by atoms with E-state index < -0.39 is 0 Å². The van der Waals surface area contributed by atoms with E-state index in [4.69, 9.17) is 9.72 Å². The summed E-state index contributed by atoms with van der Waals surface area (Å²) in [6.45, 7) is 4.24. The Morgan fingerprint density at radius 3 is 2.63 bits per heavy atom. The number of hydrogen-bond acceptors (Lipinski definition) is 6. The van der Waals surface area contributed by atoms with Gasteiger partial charge in [0.1, 0.15) is 0 Å². The fraction of sp³-hybridized carbons (Fsp3) is 0.400. The van der Waals surface area contributed by atoms with Crippen LogP contribution in [0, 0.1) is 12.8 Å². The van der Waals surface area contributed by atoms with Crippen LogP contribution in [0.4, 0.5) is 5.95 Å². The number of anilines is 1. The van der Waals surface area contributed by atoms with Crippen LogP contribution in [0.3, 0.4) is 0 Å². The Kier molecular flexibility index (Phi) is 4.75. The molecule has 0 unspecified atom stereocenters. The van der Waals surface area contributed by atoms with Crippen LogP contribution in [-0.4, -0.2) is 39.4 Å². The average Bonchev–Trinajstić information content (AvgIpc) is 2.71. The SMILES string of the molecule is Cc1ccc(OCC2CCN(c3nc4ccccc4c(=O)n3C)CC2)nn1. The predicted molar refractivity (Wildman–Crippen MR) is 104 cm³/mol. The molecule has 0 bridgehead atoms. The number of rotatable bonds is 4. The van der Waals surface area contributed by atoms with Gasteiger partial charge in [-0.25, -0.2) is 4.98 Å². The second kappa shape index (κ2) is 7.34. The molecule has 0 spiro atoms. The molecule has 3 aromatic rings. The maximum absolute atomic E-state index is 12.6. The van der Waals surface area contributed by atoms with E-state index in [2.05, 4.69) is 15.1 Å². The third-order valence-corrected chi connectivity index (χ3v) is 5.10. The number of ether oxygens (including phenoxy) is 1. The molecule has 1 fully saturated rings. The summed E-state index contributed by atoms with van der Waals surface area (Å²) >= 11 is 0. The fourth-order valence-corrected chi connectivity index (χ4v) is 3.46. The minimum absolute atomic E-state index is 0.000924. The Hall–Kier alpha value is -2.96. The number of aromatic nitrogens is 4. The third-order valence-electron chi connectivity index (χ3n) is 5.10. The van der Waals surface area contributed by atoms with Crippen LogP contribution in [0.15, 0.2) is 41.2 Å². The number of piperidine rings is 1. The molecule has 4 rings (SSSR count). The first-order valence-corrected chi connectivity index (χ1v) is 9.25. The quantitative estimate of drug-likeness (QED) is 0.707. The van der Waals surface area contributed by atoms with Crippen molar-refractivity contribution in [1.82, 2.24) is 19.7 Å². The van der Waals surface area contributed by atoms with Crippen LogP contribution in [0.2, 0.25) is 0 Å². The smallest absolute Gasteiger partial charge is 0.262 e. The summed E-state index contributed by atoms with van der Waals surface area (Å²) in [4.78, 5) is 19.5. The highest BCUT2D eigenvalue weighted by molar-refractivity contribution is 5.78. The zero-order chi connectivity index (χ0) is 18.8. The van der Waals surface area contributed by atoms with Crippen LogP contribution in [0.1, 0.15) is 18.5 Å². The first kappa shape index (κ1) is 17.5. The first-order chi connectivity index (χ1) is 13.1. The highest BCUT2D eigenvalue weighted by atomic mass is 16.5. The van der Waals surface area contributed by atoms with Crippen LogP contribution >= 0.6 is 0 Å². The zero-order valence-corrected chi connectivity index (χ0v) is 15.6. The largest absolute Gasteiger partial charge is 0.476 e. The Labute approximate surface area is 157 Å². The van der Waals surface area contributed by atoms with Crippen molar-refractivity contribution in [2.24, 2.45) is 13.0 Å². The second-order valence-electron chi connectivity index (χ2n) is 7.05. The molecule has 140 valence electrons. The van der Waals surface area contributed by atoms with Gasteiger partial charge in [-0.1, -0.05) is 12.1 Å². The Morgan fingerprint density at radius 1 is 1.11 bits per heavy atom. The molecule has 1 aromatic carbocycles. The van der Waals surface area contributed by atoms with Gasteiger partial charge in [-0.2, -0.15) is 5.10 Å². The van der Waals surface area contributed by atoms with E-state index in [1.165, 1.54) is 0 Å². The Balaban J connectivity index is 1.42. The number of benzene rings is 1. The summed E-state index contributed by atoms with van der Waals surface area (Å²) in [5.41, 5.74) is 1.63. The van der Waals surface area contributed by atoms with Crippen molar-refractivity contribution in [2.75, 3.05) is 24.6 Å². The molecule has 0 aliphatic carbocycles. The molecule has 27 heavy (non-hydrogen) atoms. The van der Waals surface area contributed by atoms with Crippen molar-refractivity contribution in [1.29, 1.82) is 0 Å². The van der Waals surface area contributed by atoms with Gasteiger partial charge < -0.3 is 9.64 Å². The normalized spacial score (nSPS) is 15.3. The standard InChI is InChI=1S/C20H23N5O2/c1-14-7-8-18(23-22-14)27-13-15-9-11-25(12-10-15)20-21-17-6-4-3-5-16(17)19(26)24(20)2/h3-8,15H,9-13H2,1-2H3. The molecular formula is C20H23N5O2. The second-order valence-corrected chi connectivity index (χ2v) is 7.05. The predicted octanol–water partition coefficient (Wildman–Crippen LogP) is 2.33. The van der Waals surface area contributed by atoms with Gasteiger partial charge in [0.2, 0.25) is 11.8 Å². The van der Waals surface area contributed by atoms with Gasteiger partial charge in [0.05, 0.1) is 23.2 Å². The summed E-state index contributed by atoms with van der Waals surface area (Å²) < 4.78 is 7.43. The molecule has 1 aliphatic heterocycles. The molecule has 1 saturated heterocycles. The van der Waals surface area contributed by atoms with Gasteiger partial charge >= 0.3 is 0 Å². The number of nitrogens with zero attached hydrogens (tertiary/aromatic N) is 5. The molecule has 7 heteroatoms. The van der Waals surface area contributed by atoms with Gasteiger partial charge in [-0.15, -0.1) is 5.10 Å². The minimum atomic E-state index is -0.000924. The van der Waals surface area contributed by atoms with Crippen molar-refractivity contribution in [3.05, 3.63) is 52.4 Å². The van der Waals surface area contributed by atoms with E-state index in [1.54, 1.807) is 11.6 Å². The fourth-order valence-electron chi connectivity index (χ4n) is 3.46. The van der Waals surface area contributed by atoms with Crippen LogP contribution in [-0.2, 0) is 7.05 Å². The van der Waals surface area contributed by atoms with Crippen molar-refractivity contribution in [2.45, 2.75) is 19.8 Å². The zero-order valence-electron chi connectivity index (χ0n) is 15.6. The summed E-state index contributed by atoms with van der Waals surface area (Å²) in [5.74, 6) is 1.77. The van der Waals surface area contributed by atoms with Crippen molar-refractivity contribution in [3.8, 4) is 5.88 Å². The van der Waals surface area contributed by atoms with Crippen LogP contribution in [0.25, 0.3) is 10.9 Å². The van der Waals surface area contributed by atoms with Gasteiger partial charge in [0.15, 0.2) is 0 Å². The van der Waals surface area contributed by atoms with E-state index in [9.17, 15) is 4.79 Å². The lowest BCUT2D eigenvalue weighted by atomic mass is 9.98. The lowest BCUT2D eigenvalue weighted by molar-refractivity contribution is 0.213. The van der Waals surface area contributed by atoms with Gasteiger partial charge in [-0.3, -0.25) is 9.36 Å². The van der Waals surface area contributed by atoms with E-state index >= 15 is 0 Å².